The molecule has 0 N–H and O–H groups in total. The van der Waals surface area contributed by atoms with Crippen molar-refractivity contribution >= 4 is 17.5 Å². The zero-order chi connectivity index (χ0) is 13.9. The largest absolute Gasteiger partial charge is 0.323 e. The van der Waals surface area contributed by atoms with Crippen molar-refractivity contribution in [2.45, 2.75) is 37.6 Å². The molecule has 0 aromatic heterocycles. The van der Waals surface area contributed by atoms with E-state index in [0.29, 0.717) is 10.6 Å². The number of nitrogens with zero attached hydrogens (tertiary/aromatic N) is 2. The number of halogens is 1. The van der Waals surface area contributed by atoms with E-state index in [1.54, 1.807) is 36.2 Å². The molecule has 100 valence electrons. The molecule has 4 heteroatoms. The van der Waals surface area contributed by atoms with Crippen molar-refractivity contribution in [1.82, 2.24) is 4.90 Å². The Balaban J connectivity index is 2.28. The van der Waals surface area contributed by atoms with Crippen LogP contribution < -0.4 is 0 Å². The molecule has 0 bridgehead atoms. The lowest BCUT2D eigenvalue weighted by atomic mass is 9.81. The van der Waals surface area contributed by atoms with Gasteiger partial charge in [0.1, 0.15) is 5.54 Å². The van der Waals surface area contributed by atoms with E-state index in [2.05, 4.69) is 6.07 Å². The van der Waals surface area contributed by atoms with Gasteiger partial charge in [0.05, 0.1) is 16.7 Å². The Morgan fingerprint density at radius 2 is 1.95 bits per heavy atom. The number of rotatable bonds is 2. The van der Waals surface area contributed by atoms with E-state index < -0.39 is 5.54 Å². The fourth-order valence-corrected chi connectivity index (χ4v) is 2.89. The first kappa shape index (κ1) is 13.9. The van der Waals surface area contributed by atoms with Crippen LogP contribution >= 0.6 is 11.6 Å². The van der Waals surface area contributed by atoms with Crippen molar-refractivity contribution in [2.75, 3.05) is 7.05 Å². The predicted molar refractivity (Wildman–Crippen MR) is 75.0 cm³/mol. The Bertz CT molecular complexity index is 515. The zero-order valence-corrected chi connectivity index (χ0v) is 11.8. The fourth-order valence-electron chi connectivity index (χ4n) is 2.67. The van der Waals surface area contributed by atoms with Crippen molar-refractivity contribution in [2.24, 2.45) is 0 Å². The SMILES string of the molecule is CN(C(=O)c1ccccc1Cl)C1(C#N)CCCCC1. The van der Waals surface area contributed by atoms with Crippen LogP contribution in [0.5, 0.6) is 0 Å². The molecule has 0 unspecified atom stereocenters. The highest BCUT2D eigenvalue weighted by Crippen LogP contribution is 2.33. The molecule has 0 radical (unpaired) electrons. The van der Waals surface area contributed by atoms with Crippen molar-refractivity contribution in [3.8, 4) is 6.07 Å². The molecule has 1 aromatic carbocycles. The van der Waals surface area contributed by atoms with Gasteiger partial charge in [-0.15, -0.1) is 0 Å². The highest BCUT2D eigenvalue weighted by molar-refractivity contribution is 6.33. The Morgan fingerprint density at radius 3 is 2.53 bits per heavy atom. The molecule has 2 rings (SSSR count). The van der Waals surface area contributed by atoms with Gasteiger partial charge in [0.25, 0.3) is 5.91 Å². The summed E-state index contributed by atoms with van der Waals surface area (Å²) in [5.74, 6) is -0.172. The topological polar surface area (TPSA) is 44.1 Å². The monoisotopic (exact) mass is 276 g/mol. The average molecular weight is 277 g/mol. The number of carbonyl (C=O) groups is 1. The summed E-state index contributed by atoms with van der Waals surface area (Å²) in [6.07, 6.45) is 4.62. The molecule has 1 aromatic rings. The first-order chi connectivity index (χ1) is 9.10. The van der Waals surface area contributed by atoms with Crippen LogP contribution in [-0.4, -0.2) is 23.4 Å². The number of hydrogen-bond donors (Lipinski definition) is 0. The molecule has 1 saturated carbocycles. The van der Waals surface area contributed by atoms with Gasteiger partial charge >= 0.3 is 0 Å². The third-order valence-corrected chi connectivity index (χ3v) is 4.27. The average Bonchev–Trinajstić information content (AvgIpc) is 2.47. The number of amides is 1. The van der Waals surface area contributed by atoms with E-state index in [0.717, 1.165) is 32.1 Å². The maximum Gasteiger partial charge on any atom is 0.256 e. The van der Waals surface area contributed by atoms with Crippen LogP contribution in [0, 0.1) is 11.3 Å². The Kier molecular flexibility index (Phi) is 4.11. The quantitative estimate of drug-likeness (QED) is 0.828. The smallest absolute Gasteiger partial charge is 0.256 e. The van der Waals surface area contributed by atoms with Crippen LogP contribution in [0.2, 0.25) is 5.02 Å². The van der Waals surface area contributed by atoms with Crippen molar-refractivity contribution in [3.05, 3.63) is 34.9 Å². The highest BCUT2D eigenvalue weighted by atomic mass is 35.5. The van der Waals surface area contributed by atoms with E-state index in [-0.39, 0.29) is 5.91 Å². The molecular formula is C15H17ClN2O. The van der Waals surface area contributed by atoms with Crippen LogP contribution in [0.15, 0.2) is 24.3 Å². The van der Waals surface area contributed by atoms with Crippen LogP contribution in [-0.2, 0) is 0 Å². The van der Waals surface area contributed by atoms with Gasteiger partial charge in [-0.2, -0.15) is 5.26 Å². The fraction of sp³-hybridized carbons (Fsp3) is 0.467. The summed E-state index contributed by atoms with van der Waals surface area (Å²) in [6, 6.07) is 9.33. The summed E-state index contributed by atoms with van der Waals surface area (Å²) in [4.78, 5) is 14.1. The number of benzene rings is 1. The lowest BCUT2D eigenvalue weighted by Gasteiger charge is -2.39. The maximum atomic E-state index is 12.5. The second kappa shape index (κ2) is 5.63. The molecule has 3 nitrogen and oxygen atoms in total. The van der Waals surface area contributed by atoms with Crippen molar-refractivity contribution < 1.29 is 4.79 Å². The van der Waals surface area contributed by atoms with E-state index in [1.165, 1.54) is 0 Å². The molecule has 1 aliphatic rings. The summed E-state index contributed by atoms with van der Waals surface area (Å²) >= 11 is 6.06. The molecule has 0 spiro atoms. The number of nitriles is 1. The standard InChI is InChI=1S/C15H17ClN2O/c1-18(15(11-17)9-5-2-6-10-15)14(19)12-7-3-4-8-13(12)16/h3-4,7-8H,2,5-6,9-10H2,1H3. The van der Waals surface area contributed by atoms with Crippen LogP contribution in [0.4, 0.5) is 0 Å². The van der Waals surface area contributed by atoms with Crippen molar-refractivity contribution in [1.29, 1.82) is 5.26 Å². The molecule has 0 saturated heterocycles. The normalized spacial score (nSPS) is 17.5. The molecule has 0 heterocycles. The van der Waals surface area contributed by atoms with Gasteiger partial charge < -0.3 is 4.90 Å². The minimum atomic E-state index is -0.672. The lowest BCUT2D eigenvalue weighted by Crippen LogP contribution is -2.49. The van der Waals surface area contributed by atoms with Gasteiger partial charge in [-0.25, -0.2) is 0 Å². The third-order valence-electron chi connectivity index (χ3n) is 3.94. The number of hydrogen-bond acceptors (Lipinski definition) is 2. The zero-order valence-electron chi connectivity index (χ0n) is 11.0. The van der Waals surface area contributed by atoms with Crippen molar-refractivity contribution in [3.63, 3.8) is 0 Å². The van der Waals surface area contributed by atoms with E-state index in [9.17, 15) is 10.1 Å². The Morgan fingerprint density at radius 1 is 1.32 bits per heavy atom. The number of carbonyl (C=O) groups excluding carboxylic acids is 1. The van der Waals surface area contributed by atoms with Gasteiger partial charge in [0.2, 0.25) is 0 Å². The summed E-state index contributed by atoms with van der Waals surface area (Å²) in [7, 11) is 1.71. The summed E-state index contributed by atoms with van der Waals surface area (Å²) < 4.78 is 0. The third kappa shape index (κ3) is 2.59. The maximum absolute atomic E-state index is 12.5. The molecule has 0 atom stereocenters. The second-order valence-corrected chi connectivity index (χ2v) is 5.46. The predicted octanol–water partition coefficient (Wildman–Crippen LogP) is 3.64. The lowest BCUT2D eigenvalue weighted by molar-refractivity contribution is 0.0589. The minimum Gasteiger partial charge on any atom is -0.323 e. The van der Waals surface area contributed by atoms with Gasteiger partial charge in [-0.1, -0.05) is 43.0 Å². The van der Waals surface area contributed by atoms with Crippen LogP contribution in [0.1, 0.15) is 42.5 Å². The highest BCUT2D eigenvalue weighted by Gasteiger charge is 2.39. The van der Waals surface area contributed by atoms with Gasteiger partial charge in [-0.05, 0) is 25.0 Å². The Labute approximate surface area is 118 Å². The van der Waals surface area contributed by atoms with E-state index >= 15 is 0 Å². The van der Waals surface area contributed by atoms with Gasteiger partial charge in [0.15, 0.2) is 0 Å². The summed E-state index contributed by atoms with van der Waals surface area (Å²) in [5.41, 5.74) is -0.207. The van der Waals surface area contributed by atoms with Gasteiger partial charge in [0, 0.05) is 7.05 Å². The molecule has 19 heavy (non-hydrogen) atoms. The second-order valence-electron chi connectivity index (χ2n) is 5.05. The first-order valence-corrected chi connectivity index (χ1v) is 6.92. The first-order valence-electron chi connectivity index (χ1n) is 6.55. The Hall–Kier alpha value is -1.53. The summed E-state index contributed by atoms with van der Waals surface area (Å²) in [6.45, 7) is 0. The minimum absolute atomic E-state index is 0.172. The molecule has 0 aliphatic heterocycles. The molecule has 1 amide bonds. The van der Waals surface area contributed by atoms with Crippen LogP contribution in [0.3, 0.4) is 0 Å². The van der Waals surface area contributed by atoms with E-state index in [1.807, 2.05) is 0 Å². The summed E-state index contributed by atoms with van der Waals surface area (Å²) in [5, 5.41) is 9.93. The van der Waals surface area contributed by atoms with Crippen LogP contribution in [0.25, 0.3) is 0 Å². The molecular weight excluding hydrogens is 260 g/mol. The molecule has 1 aliphatic carbocycles. The van der Waals surface area contributed by atoms with Gasteiger partial charge in [-0.3, -0.25) is 4.79 Å². The molecule has 1 fully saturated rings. The van der Waals surface area contributed by atoms with E-state index in [4.69, 9.17) is 11.6 Å².